The average Bonchev–Trinajstić information content (AvgIpc) is 2.20. The first-order chi connectivity index (χ1) is 4.63. The van der Waals surface area contributed by atoms with Crippen LogP contribution < -0.4 is 0 Å². The molecule has 2 heterocycles. The van der Waals surface area contributed by atoms with Gasteiger partial charge < -0.3 is 5.11 Å². The summed E-state index contributed by atoms with van der Waals surface area (Å²) in [6.07, 6.45) is 2.14. The minimum absolute atomic E-state index is 0.0926. The first kappa shape index (κ1) is 6.58. The molecule has 2 saturated heterocycles. The zero-order valence-electron chi connectivity index (χ0n) is 6.08. The van der Waals surface area contributed by atoms with Crippen molar-refractivity contribution >= 4 is 0 Å². The highest BCUT2D eigenvalue weighted by Gasteiger charge is 2.54. The monoisotopic (exact) mass is 142 g/mol. The Morgan fingerprint density at radius 2 is 2.40 bits per heavy atom. The molecule has 0 spiro atoms. The first-order valence-corrected chi connectivity index (χ1v) is 3.78. The summed E-state index contributed by atoms with van der Waals surface area (Å²) in [7, 11) is 0. The summed E-state index contributed by atoms with van der Waals surface area (Å²) in [5.41, 5.74) is -0.232. The van der Waals surface area contributed by atoms with Gasteiger partial charge >= 0.3 is 0 Å². The van der Waals surface area contributed by atoms with E-state index in [0.717, 1.165) is 17.9 Å². The van der Waals surface area contributed by atoms with E-state index in [1.807, 2.05) is 6.92 Å². The Kier molecular flexibility index (Phi) is 1.14. The SMILES string of the molecule is CC12CCC(C(O)C1)N2[O]. The summed E-state index contributed by atoms with van der Waals surface area (Å²) in [5, 5.41) is 21.7. The number of rotatable bonds is 0. The molecule has 2 aliphatic rings. The Morgan fingerprint density at radius 3 is 2.60 bits per heavy atom. The smallest absolute Gasteiger partial charge is 0.0738 e. The van der Waals surface area contributed by atoms with Crippen LogP contribution in [0.4, 0.5) is 0 Å². The van der Waals surface area contributed by atoms with Crippen LogP contribution in [0.25, 0.3) is 0 Å². The number of fused-ring (bicyclic) bond motifs is 2. The van der Waals surface area contributed by atoms with Gasteiger partial charge in [-0.05, 0) is 26.2 Å². The Morgan fingerprint density at radius 1 is 1.70 bits per heavy atom. The Balaban J connectivity index is 2.26. The molecule has 0 aliphatic carbocycles. The van der Waals surface area contributed by atoms with E-state index in [1.165, 1.54) is 0 Å². The van der Waals surface area contributed by atoms with E-state index < -0.39 is 0 Å². The highest BCUT2D eigenvalue weighted by molar-refractivity contribution is 5.05. The van der Waals surface area contributed by atoms with Gasteiger partial charge in [-0.2, -0.15) is 0 Å². The lowest BCUT2D eigenvalue weighted by Crippen LogP contribution is -2.33. The summed E-state index contributed by atoms with van der Waals surface area (Å²) in [5.74, 6) is 0. The van der Waals surface area contributed by atoms with Crippen LogP contribution in [0.5, 0.6) is 0 Å². The molecule has 1 radical (unpaired) electrons. The molecule has 3 nitrogen and oxygen atoms in total. The highest BCUT2D eigenvalue weighted by atomic mass is 16.5. The zero-order chi connectivity index (χ0) is 7.35. The van der Waals surface area contributed by atoms with Gasteiger partial charge in [-0.25, -0.2) is 0 Å². The standard InChI is InChI=1S/C7H12NO2/c1-7-3-2-5(8(7)10)6(9)4-7/h5-6,9H,2-4H2,1H3. The van der Waals surface area contributed by atoms with E-state index in [-0.39, 0.29) is 17.7 Å². The molecule has 2 bridgehead atoms. The quantitative estimate of drug-likeness (QED) is 0.529. The van der Waals surface area contributed by atoms with Crippen LogP contribution in [-0.2, 0) is 5.21 Å². The van der Waals surface area contributed by atoms with Gasteiger partial charge in [0.1, 0.15) is 0 Å². The van der Waals surface area contributed by atoms with Gasteiger partial charge in [0.2, 0.25) is 0 Å². The maximum atomic E-state index is 11.3. The fourth-order valence-electron chi connectivity index (χ4n) is 2.21. The lowest BCUT2D eigenvalue weighted by atomic mass is 9.88. The van der Waals surface area contributed by atoms with Crippen molar-refractivity contribution in [3.8, 4) is 0 Å². The number of hydroxylamine groups is 2. The topological polar surface area (TPSA) is 43.4 Å². The molecule has 2 rings (SSSR count). The summed E-state index contributed by atoms with van der Waals surface area (Å²) < 4.78 is 0. The molecule has 0 aromatic carbocycles. The third kappa shape index (κ3) is 0.603. The zero-order valence-corrected chi connectivity index (χ0v) is 6.08. The molecule has 57 valence electrons. The predicted octanol–water partition coefficient (Wildman–Crippen LogP) is 0.320. The average molecular weight is 142 g/mol. The Labute approximate surface area is 60.2 Å². The van der Waals surface area contributed by atoms with Gasteiger partial charge in [0.15, 0.2) is 0 Å². The fraction of sp³-hybridized carbons (Fsp3) is 1.00. The number of aliphatic hydroxyl groups excluding tert-OH is 1. The second-order valence-electron chi connectivity index (χ2n) is 3.70. The normalized spacial score (nSPS) is 54.3. The largest absolute Gasteiger partial charge is 0.391 e. The molecular weight excluding hydrogens is 130 g/mol. The Bertz CT molecular complexity index is 162. The fourth-order valence-corrected chi connectivity index (χ4v) is 2.21. The van der Waals surface area contributed by atoms with Crippen LogP contribution in [0.3, 0.4) is 0 Å². The minimum atomic E-state index is -0.365. The molecule has 10 heavy (non-hydrogen) atoms. The minimum Gasteiger partial charge on any atom is -0.391 e. The number of nitrogens with zero attached hydrogens (tertiary/aromatic N) is 1. The molecule has 1 N–H and O–H groups in total. The molecule has 2 fully saturated rings. The maximum absolute atomic E-state index is 11.3. The van der Waals surface area contributed by atoms with Crippen LogP contribution in [0.15, 0.2) is 0 Å². The van der Waals surface area contributed by atoms with Crippen molar-refractivity contribution in [3.63, 3.8) is 0 Å². The van der Waals surface area contributed by atoms with Crippen molar-refractivity contribution in [2.75, 3.05) is 0 Å². The third-order valence-electron chi connectivity index (χ3n) is 2.90. The molecule has 0 aromatic rings. The molecule has 0 amide bonds. The van der Waals surface area contributed by atoms with Crippen molar-refractivity contribution in [1.82, 2.24) is 5.06 Å². The van der Waals surface area contributed by atoms with Crippen LogP contribution in [0.1, 0.15) is 26.2 Å². The molecule has 3 heteroatoms. The molecular formula is C7H12NO2. The highest BCUT2D eigenvalue weighted by Crippen LogP contribution is 2.44. The van der Waals surface area contributed by atoms with Crippen LogP contribution in [0, 0.1) is 0 Å². The van der Waals surface area contributed by atoms with E-state index in [4.69, 9.17) is 0 Å². The molecule has 0 aromatic heterocycles. The maximum Gasteiger partial charge on any atom is 0.0738 e. The van der Waals surface area contributed by atoms with E-state index >= 15 is 0 Å². The lowest BCUT2D eigenvalue weighted by Gasteiger charge is -2.22. The van der Waals surface area contributed by atoms with Crippen molar-refractivity contribution in [1.29, 1.82) is 0 Å². The second kappa shape index (κ2) is 1.72. The predicted molar refractivity (Wildman–Crippen MR) is 34.6 cm³/mol. The van der Waals surface area contributed by atoms with E-state index in [2.05, 4.69) is 0 Å². The summed E-state index contributed by atoms with van der Waals surface area (Å²) in [6.45, 7) is 1.94. The van der Waals surface area contributed by atoms with Crippen LogP contribution in [0.2, 0.25) is 0 Å². The van der Waals surface area contributed by atoms with Gasteiger partial charge in [0, 0.05) is 5.54 Å². The lowest BCUT2D eigenvalue weighted by molar-refractivity contribution is -0.205. The molecule has 3 atom stereocenters. The van der Waals surface area contributed by atoms with Gasteiger partial charge in [0.05, 0.1) is 12.1 Å². The van der Waals surface area contributed by atoms with Crippen LogP contribution >= 0.6 is 0 Å². The van der Waals surface area contributed by atoms with Gasteiger partial charge in [0.25, 0.3) is 0 Å². The summed E-state index contributed by atoms with van der Waals surface area (Å²) in [6, 6.07) is -0.0926. The van der Waals surface area contributed by atoms with Crippen LogP contribution in [-0.4, -0.2) is 27.9 Å². The summed E-state index contributed by atoms with van der Waals surface area (Å²) >= 11 is 0. The number of hydrogen-bond acceptors (Lipinski definition) is 2. The van der Waals surface area contributed by atoms with Gasteiger partial charge in [-0.1, -0.05) is 0 Å². The van der Waals surface area contributed by atoms with Crippen molar-refractivity contribution < 1.29 is 10.3 Å². The molecule has 2 aliphatic heterocycles. The van der Waals surface area contributed by atoms with Gasteiger partial charge in [-0.3, -0.25) is 0 Å². The second-order valence-corrected chi connectivity index (χ2v) is 3.70. The van der Waals surface area contributed by atoms with Gasteiger partial charge in [-0.15, -0.1) is 10.3 Å². The third-order valence-corrected chi connectivity index (χ3v) is 2.90. The van der Waals surface area contributed by atoms with Crippen molar-refractivity contribution in [2.24, 2.45) is 0 Å². The van der Waals surface area contributed by atoms with Crippen molar-refractivity contribution in [2.45, 2.75) is 43.9 Å². The first-order valence-electron chi connectivity index (χ1n) is 3.78. The van der Waals surface area contributed by atoms with E-state index in [0.29, 0.717) is 6.42 Å². The molecule has 3 unspecified atom stereocenters. The number of aliphatic hydroxyl groups is 1. The number of hydrogen-bond donors (Lipinski definition) is 1. The summed E-state index contributed by atoms with van der Waals surface area (Å²) in [4.78, 5) is 0. The molecule has 0 saturated carbocycles. The van der Waals surface area contributed by atoms with E-state index in [9.17, 15) is 10.3 Å². The Hall–Kier alpha value is -0.120. The van der Waals surface area contributed by atoms with Crippen molar-refractivity contribution in [3.05, 3.63) is 0 Å². The van der Waals surface area contributed by atoms with E-state index in [1.54, 1.807) is 0 Å².